The topological polar surface area (TPSA) is 97.5 Å². The van der Waals surface area contributed by atoms with Gasteiger partial charge in [-0.05, 0) is 60.2 Å². The highest BCUT2D eigenvalue weighted by Crippen LogP contribution is 2.40. The van der Waals surface area contributed by atoms with Crippen LogP contribution in [-0.4, -0.2) is 43.6 Å². The van der Waals surface area contributed by atoms with Crippen molar-refractivity contribution in [3.05, 3.63) is 94.0 Å². The summed E-state index contributed by atoms with van der Waals surface area (Å²) in [6.45, 7) is 8.53. The number of imide groups is 1. The zero-order valence-electron chi connectivity index (χ0n) is 22.1. The molecule has 3 atom stereocenters. The third kappa shape index (κ3) is 4.35. The monoisotopic (exact) mass is 512 g/mol. The fourth-order valence-corrected chi connectivity index (χ4v) is 5.49. The van der Waals surface area contributed by atoms with Crippen LogP contribution < -0.4 is 0 Å². The van der Waals surface area contributed by atoms with E-state index in [1.165, 1.54) is 4.90 Å². The van der Waals surface area contributed by atoms with Crippen LogP contribution in [-0.2, 0) is 22.7 Å². The van der Waals surface area contributed by atoms with E-state index >= 15 is 0 Å². The number of nitrogens with zero attached hydrogens (tertiary/aromatic N) is 4. The van der Waals surface area contributed by atoms with E-state index in [9.17, 15) is 14.7 Å². The maximum Gasteiger partial charge on any atom is 0.417 e. The van der Waals surface area contributed by atoms with Crippen LogP contribution in [0.1, 0.15) is 59.2 Å². The molecule has 0 radical (unpaired) electrons. The number of amides is 2. The minimum atomic E-state index is -0.632. The van der Waals surface area contributed by atoms with Gasteiger partial charge in [-0.25, -0.2) is 14.4 Å². The lowest BCUT2D eigenvalue weighted by molar-refractivity contribution is -0.133. The number of hydrogen-bond acceptors (Lipinski definition) is 6. The standard InChI is InChI=1S/C30H32N4O4/c1-5-33-25-14-13-24(19(3)28(25)31-32-33)27(22-12-11-18(2)23(15-22)16-35)20(4)29(36)34-26(17-38-30(34)37)21-9-7-6-8-10-21/h6-15,20,26-27,35H,5,16-17H2,1-4H3/t20-,26+,27+/m1/s1. The van der Waals surface area contributed by atoms with Gasteiger partial charge in [0.25, 0.3) is 0 Å². The fraction of sp³-hybridized carbons (Fsp3) is 0.333. The molecule has 1 aromatic heterocycles. The number of cyclic esters (lactones) is 1. The number of aliphatic hydroxyl groups excluding tert-OH is 1. The Morgan fingerprint density at radius 3 is 2.61 bits per heavy atom. The lowest BCUT2D eigenvalue weighted by Crippen LogP contribution is -2.40. The molecule has 3 aromatic carbocycles. The third-order valence-corrected chi connectivity index (χ3v) is 7.70. The Hall–Kier alpha value is -4.04. The average Bonchev–Trinajstić information content (AvgIpc) is 3.54. The largest absolute Gasteiger partial charge is 0.446 e. The van der Waals surface area contributed by atoms with Crippen LogP contribution in [0.2, 0.25) is 0 Å². The Labute approximate surface area is 221 Å². The van der Waals surface area contributed by atoms with Gasteiger partial charge in [0.15, 0.2) is 0 Å². The second-order valence-electron chi connectivity index (χ2n) is 9.87. The molecule has 0 unspecified atom stereocenters. The second-order valence-corrected chi connectivity index (χ2v) is 9.87. The summed E-state index contributed by atoms with van der Waals surface area (Å²) in [5.74, 6) is -1.32. The lowest BCUT2D eigenvalue weighted by atomic mass is 9.78. The first-order chi connectivity index (χ1) is 18.3. The number of aliphatic hydroxyl groups is 1. The molecule has 8 nitrogen and oxygen atoms in total. The molecule has 2 amide bonds. The second kappa shape index (κ2) is 10.4. The van der Waals surface area contributed by atoms with Crippen molar-refractivity contribution < 1.29 is 19.4 Å². The molecule has 0 bridgehead atoms. The van der Waals surface area contributed by atoms with E-state index in [2.05, 4.69) is 10.3 Å². The van der Waals surface area contributed by atoms with Gasteiger partial charge in [-0.15, -0.1) is 5.10 Å². The van der Waals surface area contributed by atoms with E-state index in [4.69, 9.17) is 4.74 Å². The predicted molar refractivity (Wildman–Crippen MR) is 143 cm³/mol. The summed E-state index contributed by atoms with van der Waals surface area (Å²) in [6, 6.07) is 18.9. The maximum absolute atomic E-state index is 14.1. The number of fused-ring (bicyclic) bond motifs is 1. The van der Waals surface area contributed by atoms with Gasteiger partial charge < -0.3 is 9.84 Å². The van der Waals surface area contributed by atoms with Crippen molar-refractivity contribution in [1.82, 2.24) is 19.9 Å². The average molecular weight is 513 g/mol. The predicted octanol–water partition coefficient (Wildman–Crippen LogP) is 5.05. The fourth-order valence-electron chi connectivity index (χ4n) is 5.49. The molecule has 0 spiro atoms. The summed E-state index contributed by atoms with van der Waals surface area (Å²) in [4.78, 5) is 28.2. The quantitative estimate of drug-likeness (QED) is 0.372. The zero-order chi connectivity index (χ0) is 27.0. The van der Waals surface area contributed by atoms with Crippen molar-refractivity contribution in [2.24, 2.45) is 5.92 Å². The van der Waals surface area contributed by atoms with Crippen molar-refractivity contribution in [3.8, 4) is 0 Å². The van der Waals surface area contributed by atoms with Crippen LogP contribution in [0.4, 0.5) is 4.79 Å². The van der Waals surface area contributed by atoms with E-state index in [-0.39, 0.29) is 19.1 Å². The van der Waals surface area contributed by atoms with E-state index in [1.54, 1.807) is 0 Å². The Morgan fingerprint density at radius 1 is 1.13 bits per heavy atom. The van der Waals surface area contributed by atoms with E-state index in [1.807, 2.05) is 93.0 Å². The summed E-state index contributed by atoms with van der Waals surface area (Å²) in [5.41, 5.74) is 7.08. The number of ether oxygens (including phenoxy) is 1. The maximum atomic E-state index is 14.1. The normalized spacial score (nSPS) is 17.0. The van der Waals surface area contributed by atoms with Crippen molar-refractivity contribution in [2.75, 3.05) is 6.61 Å². The van der Waals surface area contributed by atoms with E-state index in [0.717, 1.165) is 44.4 Å². The first-order valence-corrected chi connectivity index (χ1v) is 12.9. The summed E-state index contributed by atoms with van der Waals surface area (Å²) in [7, 11) is 0. The number of carbonyl (C=O) groups is 2. The van der Waals surface area contributed by atoms with Crippen LogP contribution >= 0.6 is 0 Å². The third-order valence-electron chi connectivity index (χ3n) is 7.70. The zero-order valence-corrected chi connectivity index (χ0v) is 22.1. The SMILES string of the molecule is CCn1nnc2c(C)c([C@H](c3ccc(C)c(CO)c3)[C@@H](C)C(=O)N3C(=O)OC[C@H]3c3ccccc3)ccc21. The van der Waals surface area contributed by atoms with Gasteiger partial charge in [0.1, 0.15) is 18.2 Å². The van der Waals surface area contributed by atoms with Crippen LogP contribution in [0.5, 0.6) is 0 Å². The molecule has 1 N–H and O–H groups in total. The number of benzene rings is 3. The number of hydrogen-bond donors (Lipinski definition) is 1. The molecule has 4 aromatic rings. The molecule has 1 fully saturated rings. The smallest absolute Gasteiger partial charge is 0.417 e. The van der Waals surface area contributed by atoms with Gasteiger partial charge in [-0.2, -0.15) is 0 Å². The Kier molecular flexibility index (Phi) is 6.99. The van der Waals surface area contributed by atoms with E-state index < -0.39 is 24.0 Å². The van der Waals surface area contributed by atoms with Crippen molar-refractivity contribution in [2.45, 2.75) is 52.8 Å². The summed E-state index contributed by atoms with van der Waals surface area (Å²) >= 11 is 0. The molecular weight excluding hydrogens is 480 g/mol. The highest BCUT2D eigenvalue weighted by molar-refractivity contribution is 5.95. The summed E-state index contributed by atoms with van der Waals surface area (Å²) in [6.07, 6.45) is -0.632. The minimum absolute atomic E-state index is 0.105. The molecule has 0 aliphatic carbocycles. The molecule has 0 saturated carbocycles. The lowest BCUT2D eigenvalue weighted by Gasteiger charge is -2.30. The van der Waals surface area contributed by atoms with Gasteiger partial charge in [0, 0.05) is 18.4 Å². The Bertz CT molecular complexity index is 1500. The highest BCUT2D eigenvalue weighted by Gasteiger charge is 2.43. The molecule has 5 rings (SSSR count). The van der Waals surface area contributed by atoms with Crippen molar-refractivity contribution >= 4 is 23.0 Å². The molecule has 2 heterocycles. The summed E-state index contributed by atoms with van der Waals surface area (Å²) < 4.78 is 7.20. The minimum Gasteiger partial charge on any atom is -0.446 e. The van der Waals surface area contributed by atoms with Gasteiger partial charge >= 0.3 is 6.09 Å². The Balaban J connectivity index is 1.62. The van der Waals surface area contributed by atoms with Crippen LogP contribution in [0, 0.1) is 19.8 Å². The molecule has 1 saturated heterocycles. The van der Waals surface area contributed by atoms with Crippen LogP contribution in [0.3, 0.4) is 0 Å². The molecule has 8 heteroatoms. The molecule has 38 heavy (non-hydrogen) atoms. The van der Waals surface area contributed by atoms with Gasteiger partial charge in [-0.3, -0.25) is 4.79 Å². The first-order valence-electron chi connectivity index (χ1n) is 12.9. The molecule has 1 aliphatic rings. The number of aromatic nitrogens is 3. The summed E-state index contributed by atoms with van der Waals surface area (Å²) in [5, 5.41) is 18.7. The number of aryl methyl sites for hydroxylation is 3. The van der Waals surface area contributed by atoms with Crippen LogP contribution in [0.25, 0.3) is 11.0 Å². The first kappa shape index (κ1) is 25.6. The van der Waals surface area contributed by atoms with Gasteiger partial charge in [0.05, 0.1) is 12.1 Å². The number of carbonyl (C=O) groups excluding carboxylic acids is 2. The van der Waals surface area contributed by atoms with E-state index in [0.29, 0.717) is 6.54 Å². The molecule has 196 valence electrons. The molecular formula is C30H32N4O4. The Morgan fingerprint density at radius 2 is 1.89 bits per heavy atom. The van der Waals surface area contributed by atoms with Gasteiger partial charge in [0.2, 0.25) is 5.91 Å². The van der Waals surface area contributed by atoms with Gasteiger partial charge in [-0.1, -0.05) is 66.7 Å². The highest BCUT2D eigenvalue weighted by atomic mass is 16.6. The van der Waals surface area contributed by atoms with Crippen molar-refractivity contribution in [3.63, 3.8) is 0 Å². The molecule has 1 aliphatic heterocycles. The van der Waals surface area contributed by atoms with Crippen LogP contribution in [0.15, 0.2) is 60.7 Å². The van der Waals surface area contributed by atoms with Crippen molar-refractivity contribution in [1.29, 1.82) is 0 Å². The number of rotatable bonds is 7.